The molecule has 0 N–H and O–H groups in total. The summed E-state index contributed by atoms with van der Waals surface area (Å²) >= 11 is 3.24. The normalized spacial score (nSPS) is 13.0. The molecule has 0 aliphatic carbocycles. The van der Waals surface area contributed by atoms with Gasteiger partial charge in [0.25, 0.3) is 0 Å². The molecule has 2 rings (SSSR count). The Kier molecular flexibility index (Phi) is 4.72. The van der Waals surface area contributed by atoms with Gasteiger partial charge in [-0.25, -0.2) is 0 Å². The minimum Gasteiger partial charge on any atom is -0.465 e. The lowest BCUT2D eigenvalue weighted by Crippen LogP contribution is -2.30. The van der Waals surface area contributed by atoms with Gasteiger partial charge in [-0.2, -0.15) is 4.80 Å². The number of benzene rings is 1. The molecule has 0 amide bonds. The number of ether oxygens (including phenoxy) is 1. The number of tetrazole rings is 1. The maximum Gasteiger partial charge on any atom is 0.327 e. The van der Waals surface area contributed by atoms with Gasteiger partial charge in [0.05, 0.1) is 6.61 Å². The predicted octanol–water partition coefficient (Wildman–Crippen LogP) is 2.46. The number of aromatic nitrogens is 4. The van der Waals surface area contributed by atoms with Crippen molar-refractivity contribution in [2.75, 3.05) is 6.61 Å². The van der Waals surface area contributed by atoms with Crippen LogP contribution in [-0.2, 0) is 15.1 Å². The van der Waals surface area contributed by atoms with Crippen molar-refractivity contribution in [1.29, 1.82) is 0 Å². The largest absolute Gasteiger partial charge is 0.465 e. The highest BCUT2D eigenvalue weighted by Crippen LogP contribution is 2.25. The Hall–Kier alpha value is -1.76. The first-order valence-electron chi connectivity index (χ1n) is 6.63. The fraction of sp³-hybridized carbons (Fsp3) is 0.429. The molecular formula is C14H17BrN4O2. The molecule has 112 valence electrons. The average Bonchev–Trinajstić information content (AvgIpc) is 2.98. The summed E-state index contributed by atoms with van der Waals surface area (Å²) < 4.78 is 4.93. The van der Waals surface area contributed by atoms with Gasteiger partial charge in [-0.3, -0.25) is 4.79 Å². The van der Waals surface area contributed by atoms with Gasteiger partial charge in [-0.1, -0.05) is 46.3 Å². The molecule has 0 radical (unpaired) electrons. The number of hydrogen-bond acceptors (Lipinski definition) is 5. The van der Waals surface area contributed by atoms with Crippen molar-refractivity contribution in [3.05, 3.63) is 41.7 Å². The number of carbonyl (C=O) groups excluding carboxylic acids is 1. The van der Waals surface area contributed by atoms with Gasteiger partial charge < -0.3 is 4.74 Å². The molecule has 0 saturated heterocycles. The number of esters is 1. The second kappa shape index (κ2) is 6.34. The van der Waals surface area contributed by atoms with E-state index in [-0.39, 0.29) is 5.82 Å². The molecule has 1 aromatic carbocycles. The highest BCUT2D eigenvalue weighted by Gasteiger charge is 2.29. The van der Waals surface area contributed by atoms with Crippen LogP contribution in [0.2, 0.25) is 0 Å². The van der Waals surface area contributed by atoms with E-state index >= 15 is 0 Å². The van der Waals surface area contributed by atoms with E-state index in [1.807, 2.05) is 44.2 Å². The number of hydrogen-bond donors (Lipinski definition) is 0. The van der Waals surface area contributed by atoms with Crippen molar-refractivity contribution in [1.82, 2.24) is 20.2 Å². The Morgan fingerprint density at radius 3 is 2.67 bits per heavy atom. The van der Waals surface area contributed by atoms with E-state index < -0.39 is 16.3 Å². The molecule has 1 heterocycles. The van der Waals surface area contributed by atoms with Crippen LogP contribution in [0.4, 0.5) is 0 Å². The Bertz CT molecular complexity index is 612. The maximum absolute atomic E-state index is 11.7. The monoisotopic (exact) mass is 352 g/mol. The van der Waals surface area contributed by atoms with Crippen molar-refractivity contribution in [3.8, 4) is 0 Å². The Morgan fingerprint density at radius 2 is 2.05 bits per heavy atom. The zero-order chi connectivity index (χ0) is 15.5. The second-order valence-corrected chi connectivity index (χ2v) is 5.89. The minimum absolute atomic E-state index is 0.289. The fourth-order valence-corrected chi connectivity index (χ4v) is 2.16. The molecule has 7 heteroatoms. The summed E-state index contributed by atoms with van der Waals surface area (Å²) in [5.74, 6) is -0.132. The van der Waals surface area contributed by atoms with Gasteiger partial charge in [0.15, 0.2) is 10.7 Å². The van der Waals surface area contributed by atoms with E-state index in [9.17, 15) is 4.79 Å². The van der Waals surface area contributed by atoms with Crippen molar-refractivity contribution in [3.63, 3.8) is 0 Å². The number of carbonyl (C=O) groups is 1. The third-order valence-electron chi connectivity index (χ3n) is 3.13. The molecule has 2 aromatic rings. The fourth-order valence-electron chi connectivity index (χ4n) is 1.85. The average molecular weight is 353 g/mol. The number of rotatable bonds is 5. The molecule has 0 saturated carbocycles. The number of nitrogens with zero attached hydrogens (tertiary/aromatic N) is 4. The van der Waals surface area contributed by atoms with Crippen molar-refractivity contribution in [2.24, 2.45) is 0 Å². The second-order valence-electron chi connectivity index (χ2n) is 4.98. The molecule has 1 aromatic heterocycles. The van der Waals surface area contributed by atoms with Gasteiger partial charge in [0.1, 0.15) is 5.54 Å². The molecule has 1 atom stereocenters. The van der Waals surface area contributed by atoms with E-state index in [1.165, 1.54) is 4.80 Å². The summed E-state index contributed by atoms with van der Waals surface area (Å²) in [4.78, 5) is 12.5. The van der Waals surface area contributed by atoms with Crippen molar-refractivity contribution in [2.45, 2.75) is 31.1 Å². The first-order chi connectivity index (χ1) is 9.96. The molecule has 21 heavy (non-hydrogen) atoms. The SMILES string of the molecule is CCOC(=O)C(Br)c1nnn(C(C)(C)c2ccccc2)n1. The van der Waals surface area contributed by atoms with Gasteiger partial charge in [-0.15, -0.1) is 10.2 Å². The third-order valence-corrected chi connectivity index (χ3v) is 3.91. The summed E-state index contributed by atoms with van der Waals surface area (Å²) in [6.07, 6.45) is 0. The zero-order valence-electron chi connectivity index (χ0n) is 12.2. The lowest BCUT2D eigenvalue weighted by Gasteiger charge is -2.23. The van der Waals surface area contributed by atoms with Crippen LogP contribution in [0.5, 0.6) is 0 Å². The summed E-state index contributed by atoms with van der Waals surface area (Å²) in [6.45, 7) is 6.04. The summed E-state index contributed by atoms with van der Waals surface area (Å²) in [6, 6.07) is 9.87. The van der Waals surface area contributed by atoms with Gasteiger partial charge in [-0.05, 0) is 31.5 Å². The lowest BCUT2D eigenvalue weighted by molar-refractivity contribution is -0.142. The molecule has 0 aliphatic heterocycles. The molecule has 0 bridgehead atoms. The van der Waals surface area contributed by atoms with Crippen LogP contribution in [0.25, 0.3) is 0 Å². The summed E-state index contributed by atoms with van der Waals surface area (Å²) in [5.41, 5.74) is 0.588. The standard InChI is InChI=1S/C14H17BrN4O2/c1-4-21-13(20)11(15)12-16-18-19(17-12)14(2,3)10-8-6-5-7-9-10/h5-9,11H,4H2,1-3H3. The number of halogens is 1. The van der Waals surface area contributed by atoms with E-state index in [0.717, 1.165) is 5.56 Å². The Morgan fingerprint density at radius 1 is 1.38 bits per heavy atom. The van der Waals surface area contributed by atoms with Gasteiger partial charge in [0, 0.05) is 0 Å². The molecule has 1 unspecified atom stereocenters. The van der Waals surface area contributed by atoms with Crippen LogP contribution in [0.15, 0.2) is 30.3 Å². The van der Waals surface area contributed by atoms with Crippen LogP contribution in [-0.4, -0.2) is 32.8 Å². The lowest BCUT2D eigenvalue weighted by atomic mass is 9.95. The molecular weight excluding hydrogens is 336 g/mol. The predicted molar refractivity (Wildman–Crippen MR) is 81.0 cm³/mol. The van der Waals surface area contributed by atoms with Crippen LogP contribution < -0.4 is 0 Å². The quantitative estimate of drug-likeness (QED) is 0.610. The molecule has 0 fully saturated rings. The third kappa shape index (κ3) is 3.29. The molecule has 6 nitrogen and oxygen atoms in total. The van der Waals surface area contributed by atoms with Crippen molar-refractivity contribution >= 4 is 21.9 Å². The minimum atomic E-state index is -0.710. The molecule has 0 spiro atoms. The summed E-state index contributed by atoms with van der Waals surface area (Å²) in [5, 5.41) is 12.3. The van der Waals surface area contributed by atoms with E-state index in [4.69, 9.17) is 4.74 Å². The van der Waals surface area contributed by atoms with Crippen LogP contribution in [0, 0.1) is 0 Å². The first-order valence-corrected chi connectivity index (χ1v) is 7.55. The van der Waals surface area contributed by atoms with E-state index in [2.05, 4.69) is 31.3 Å². The Labute approximate surface area is 131 Å². The zero-order valence-corrected chi connectivity index (χ0v) is 13.7. The maximum atomic E-state index is 11.7. The van der Waals surface area contributed by atoms with Crippen molar-refractivity contribution < 1.29 is 9.53 Å². The van der Waals surface area contributed by atoms with Gasteiger partial charge >= 0.3 is 5.97 Å². The first kappa shape index (κ1) is 15.6. The highest BCUT2D eigenvalue weighted by atomic mass is 79.9. The van der Waals surface area contributed by atoms with Crippen LogP contribution >= 0.6 is 15.9 Å². The molecule has 0 aliphatic rings. The Balaban J connectivity index is 2.25. The smallest absolute Gasteiger partial charge is 0.327 e. The topological polar surface area (TPSA) is 69.9 Å². The van der Waals surface area contributed by atoms with Crippen LogP contribution in [0.1, 0.15) is 37.0 Å². The van der Waals surface area contributed by atoms with E-state index in [1.54, 1.807) is 6.92 Å². The van der Waals surface area contributed by atoms with Gasteiger partial charge in [0.2, 0.25) is 0 Å². The van der Waals surface area contributed by atoms with E-state index in [0.29, 0.717) is 6.61 Å². The summed E-state index contributed by atoms with van der Waals surface area (Å²) in [7, 11) is 0. The number of alkyl halides is 1. The van der Waals surface area contributed by atoms with Crippen LogP contribution in [0.3, 0.4) is 0 Å². The highest BCUT2D eigenvalue weighted by molar-refractivity contribution is 9.09.